The van der Waals surface area contributed by atoms with Crippen LogP contribution in [0.25, 0.3) is 5.69 Å². The van der Waals surface area contributed by atoms with Crippen LogP contribution in [0.15, 0.2) is 47.3 Å². The zero-order valence-electron chi connectivity index (χ0n) is 13.7. The number of hydrogen-bond acceptors (Lipinski definition) is 4. The van der Waals surface area contributed by atoms with E-state index in [9.17, 15) is 9.90 Å². The van der Waals surface area contributed by atoms with E-state index in [0.29, 0.717) is 28.6 Å². The molecule has 0 spiro atoms. The lowest BCUT2D eigenvalue weighted by Crippen LogP contribution is -2.14. The molecule has 0 saturated heterocycles. The Labute approximate surface area is 138 Å². The molecule has 0 atom stereocenters. The Morgan fingerprint density at radius 2 is 1.71 bits per heavy atom. The lowest BCUT2D eigenvalue weighted by molar-refractivity contribution is 0.408. The first-order valence-electron chi connectivity index (χ1n) is 7.43. The summed E-state index contributed by atoms with van der Waals surface area (Å²) in [5.74, 6) is 1.93. The number of nitrogens with zero attached hydrogens (tertiary/aromatic N) is 1. The van der Waals surface area contributed by atoms with Crippen molar-refractivity contribution < 1.29 is 14.6 Å². The number of ether oxygens (including phenoxy) is 2. The Morgan fingerprint density at radius 3 is 2.29 bits per heavy atom. The van der Waals surface area contributed by atoms with Crippen molar-refractivity contribution in [3.05, 3.63) is 64.2 Å². The minimum atomic E-state index is -0.387. The van der Waals surface area contributed by atoms with Gasteiger partial charge in [0.05, 0.1) is 18.5 Å². The molecule has 2 aromatic carbocycles. The number of aromatic hydroxyl groups is 1. The van der Waals surface area contributed by atoms with Gasteiger partial charge in [-0.05, 0) is 49.7 Å². The maximum Gasteiger partial charge on any atom is 0.333 e. The number of methoxy groups -OCH3 is 1. The number of hydrogen-bond donors (Lipinski definition) is 2. The number of nitrogens with one attached hydrogen (secondary N) is 1. The van der Waals surface area contributed by atoms with E-state index in [0.717, 1.165) is 5.56 Å². The van der Waals surface area contributed by atoms with Gasteiger partial charge in [0, 0.05) is 6.07 Å². The van der Waals surface area contributed by atoms with E-state index in [-0.39, 0.29) is 11.6 Å². The molecule has 0 unspecified atom stereocenters. The normalized spacial score (nSPS) is 10.6. The summed E-state index contributed by atoms with van der Waals surface area (Å²) >= 11 is 0. The largest absolute Gasteiger partial charge is 0.497 e. The molecule has 24 heavy (non-hydrogen) atoms. The minimum Gasteiger partial charge on any atom is -0.497 e. The predicted octanol–water partition coefficient (Wildman–Crippen LogP) is 3.29. The van der Waals surface area contributed by atoms with Crippen LogP contribution in [0.4, 0.5) is 0 Å². The van der Waals surface area contributed by atoms with Crippen LogP contribution in [0.5, 0.6) is 23.1 Å². The lowest BCUT2D eigenvalue weighted by Gasteiger charge is -2.11. The second kappa shape index (κ2) is 6.16. The summed E-state index contributed by atoms with van der Waals surface area (Å²) in [4.78, 5) is 14.4. The molecule has 0 aliphatic rings. The lowest BCUT2D eigenvalue weighted by atomic mass is 10.2. The molecule has 1 aromatic heterocycles. The second-order valence-corrected chi connectivity index (χ2v) is 5.44. The number of aryl methyl sites for hydroxylation is 2. The van der Waals surface area contributed by atoms with E-state index in [4.69, 9.17) is 9.47 Å². The molecule has 3 aromatic rings. The molecule has 6 heteroatoms. The fourth-order valence-electron chi connectivity index (χ4n) is 2.38. The highest BCUT2D eigenvalue weighted by atomic mass is 16.5. The fourth-order valence-corrected chi connectivity index (χ4v) is 2.38. The first-order chi connectivity index (χ1) is 11.5. The summed E-state index contributed by atoms with van der Waals surface area (Å²) in [7, 11) is 1.60. The summed E-state index contributed by atoms with van der Waals surface area (Å²) < 4.78 is 12.3. The van der Waals surface area contributed by atoms with Crippen molar-refractivity contribution in [1.29, 1.82) is 0 Å². The van der Waals surface area contributed by atoms with Crippen molar-refractivity contribution in [3.63, 3.8) is 0 Å². The van der Waals surface area contributed by atoms with Crippen molar-refractivity contribution in [1.82, 2.24) is 9.55 Å². The van der Waals surface area contributed by atoms with Crippen LogP contribution < -0.4 is 15.2 Å². The molecule has 0 saturated carbocycles. The average Bonchev–Trinajstić information content (AvgIpc) is 2.83. The molecular formula is C18H18N2O4. The number of aromatic amines is 1. The second-order valence-electron chi connectivity index (χ2n) is 5.44. The highest BCUT2D eigenvalue weighted by molar-refractivity contribution is 5.45. The highest BCUT2D eigenvalue weighted by Crippen LogP contribution is 2.29. The third kappa shape index (κ3) is 2.86. The number of imidazole rings is 1. The van der Waals surface area contributed by atoms with Gasteiger partial charge in [-0.1, -0.05) is 6.07 Å². The highest BCUT2D eigenvalue weighted by Gasteiger charge is 2.11. The van der Waals surface area contributed by atoms with Gasteiger partial charge in [0.15, 0.2) is 0 Å². The van der Waals surface area contributed by atoms with Gasteiger partial charge in [-0.3, -0.25) is 0 Å². The van der Waals surface area contributed by atoms with Gasteiger partial charge in [0.2, 0.25) is 5.88 Å². The topological polar surface area (TPSA) is 76.5 Å². The van der Waals surface area contributed by atoms with Gasteiger partial charge < -0.3 is 19.6 Å². The van der Waals surface area contributed by atoms with Crippen molar-refractivity contribution in [3.8, 4) is 28.8 Å². The Balaban J connectivity index is 1.89. The van der Waals surface area contributed by atoms with Gasteiger partial charge >= 0.3 is 5.69 Å². The number of benzene rings is 2. The van der Waals surface area contributed by atoms with Crippen molar-refractivity contribution >= 4 is 0 Å². The number of aromatic nitrogens is 2. The molecule has 0 aliphatic carbocycles. The minimum absolute atomic E-state index is 0.0997. The monoisotopic (exact) mass is 326 g/mol. The van der Waals surface area contributed by atoms with Crippen LogP contribution >= 0.6 is 0 Å². The van der Waals surface area contributed by atoms with E-state index in [1.54, 1.807) is 38.3 Å². The Morgan fingerprint density at radius 1 is 1.04 bits per heavy atom. The summed E-state index contributed by atoms with van der Waals surface area (Å²) in [6.45, 7) is 3.58. The zero-order valence-corrected chi connectivity index (χ0v) is 13.7. The molecule has 2 N–H and O–H groups in total. The summed E-state index contributed by atoms with van der Waals surface area (Å²) in [5, 5.41) is 9.96. The quantitative estimate of drug-likeness (QED) is 0.771. The molecule has 1 heterocycles. The zero-order chi connectivity index (χ0) is 17.3. The molecule has 6 nitrogen and oxygen atoms in total. The van der Waals surface area contributed by atoms with Crippen molar-refractivity contribution in [2.75, 3.05) is 7.11 Å². The maximum absolute atomic E-state index is 11.9. The van der Waals surface area contributed by atoms with Crippen LogP contribution in [0.1, 0.15) is 11.3 Å². The Hall–Kier alpha value is -3.15. The predicted molar refractivity (Wildman–Crippen MR) is 90.6 cm³/mol. The van der Waals surface area contributed by atoms with Gasteiger partial charge in [0.1, 0.15) is 17.2 Å². The van der Waals surface area contributed by atoms with E-state index >= 15 is 0 Å². The molecule has 0 aliphatic heterocycles. The molecule has 0 bridgehead atoms. The van der Waals surface area contributed by atoms with Crippen molar-refractivity contribution in [2.45, 2.75) is 13.8 Å². The third-order valence-corrected chi connectivity index (χ3v) is 3.76. The van der Waals surface area contributed by atoms with Gasteiger partial charge in [0.25, 0.3) is 0 Å². The molecular weight excluding hydrogens is 308 g/mol. The van der Waals surface area contributed by atoms with E-state index in [1.165, 1.54) is 4.57 Å². The third-order valence-electron chi connectivity index (χ3n) is 3.76. The van der Waals surface area contributed by atoms with E-state index < -0.39 is 0 Å². The summed E-state index contributed by atoms with van der Waals surface area (Å²) in [5.41, 5.74) is 1.57. The first kappa shape index (κ1) is 15.7. The van der Waals surface area contributed by atoms with E-state index in [2.05, 4.69) is 4.98 Å². The molecule has 0 amide bonds. The van der Waals surface area contributed by atoms with Gasteiger partial charge in [-0.2, -0.15) is 0 Å². The van der Waals surface area contributed by atoms with Crippen molar-refractivity contribution in [2.24, 2.45) is 0 Å². The van der Waals surface area contributed by atoms with Crippen LogP contribution in [0.2, 0.25) is 0 Å². The average molecular weight is 326 g/mol. The fraction of sp³-hybridized carbons (Fsp3) is 0.167. The summed E-state index contributed by atoms with van der Waals surface area (Å²) in [6, 6.07) is 12.5. The molecule has 3 rings (SSSR count). The molecule has 0 radical (unpaired) electrons. The Kier molecular flexibility index (Phi) is 4.04. The maximum atomic E-state index is 11.9. The SMILES string of the molecule is COc1ccc(C)c(Oc2ccc(-n3c(O)c(C)[nH]c3=O)cc2)c1. The number of rotatable bonds is 4. The van der Waals surface area contributed by atoms with Crippen LogP contribution in [0.3, 0.4) is 0 Å². The molecule has 124 valence electrons. The van der Waals surface area contributed by atoms with Crippen LogP contribution in [-0.2, 0) is 0 Å². The Bertz CT molecular complexity index is 923. The van der Waals surface area contributed by atoms with E-state index in [1.807, 2.05) is 25.1 Å². The van der Waals surface area contributed by atoms with Crippen LogP contribution in [0, 0.1) is 13.8 Å². The van der Waals surface area contributed by atoms with Crippen LogP contribution in [-0.4, -0.2) is 21.8 Å². The first-order valence-corrected chi connectivity index (χ1v) is 7.43. The van der Waals surface area contributed by atoms with Gasteiger partial charge in [-0.25, -0.2) is 9.36 Å². The van der Waals surface area contributed by atoms with Gasteiger partial charge in [-0.15, -0.1) is 0 Å². The number of H-pyrrole nitrogens is 1. The summed E-state index contributed by atoms with van der Waals surface area (Å²) in [6.07, 6.45) is 0. The smallest absolute Gasteiger partial charge is 0.333 e. The molecule has 0 fully saturated rings. The standard InChI is InChI=1S/C18H18N2O4/c1-11-4-7-15(23-3)10-16(11)24-14-8-5-13(6-9-14)20-17(21)12(2)19-18(20)22/h4-10,21H,1-3H3,(H,19,22).